The van der Waals surface area contributed by atoms with E-state index in [0.717, 1.165) is 27.8 Å². The minimum Gasteiger partial charge on any atom is -0.497 e. The second-order valence-electron chi connectivity index (χ2n) is 6.23. The van der Waals surface area contributed by atoms with Gasteiger partial charge in [-0.25, -0.2) is 0 Å². The number of hydrogen-bond donors (Lipinski definition) is 2. The largest absolute Gasteiger partial charge is 0.497 e. The van der Waals surface area contributed by atoms with E-state index in [-0.39, 0.29) is 5.91 Å². The molecule has 0 atom stereocenters. The van der Waals surface area contributed by atoms with Crippen LogP contribution in [0.25, 0.3) is 10.9 Å². The lowest BCUT2D eigenvalue weighted by molar-refractivity contribution is 0.0949. The number of aromatic nitrogens is 1. The molecule has 27 heavy (non-hydrogen) atoms. The molecule has 0 spiro atoms. The van der Waals surface area contributed by atoms with E-state index in [1.807, 2.05) is 43.3 Å². The highest BCUT2D eigenvalue weighted by Crippen LogP contribution is 2.28. The molecule has 1 amide bonds. The van der Waals surface area contributed by atoms with E-state index >= 15 is 0 Å². The molecule has 2 N–H and O–H groups in total. The van der Waals surface area contributed by atoms with Gasteiger partial charge in [0.15, 0.2) is 11.5 Å². The predicted octanol–water partition coefficient (Wildman–Crippen LogP) is 3.47. The van der Waals surface area contributed by atoms with Crippen molar-refractivity contribution in [2.24, 2.45) is 0 Å². The summed E-state index contributed by atoms with van der Waals surface area (Å²) in [6.45, 7) is 2.45. The summed E-state index contributed by atoms with van der Waals surface area (Å²) in [6.07, 6.45) is 0.694. The molecule has 1 heterocycles. The minimum atomic E-state index is -0.122. The van der Waals surface area contributed by atoms with E-state index in [1.165, 1.54) is 0 Å². The maximum Gasteiger partial charge on any atom is 0.268 e. The summed E-state index contributed by atoms with van der Waals surface area (Å²) >= 11 is 0. The quantitative estimate of drug-likeness (QED) is 0.670. The van der Waals surface area contributed by atoms with Gasteiger partial charge in [0.1, 0.15) is 11.4 Å². The third kappa shape index (κ3) is 3.84. The van der Waals surface area contributed by atoms with Crippen molar-refractivity contribution in [2.45, 2.75) is 13.3 Å². The number of H-pyrrole nitrogens is 1. The van der Waals surface area contributed by atoms with Crippen LogP contribution in [0.3, 0.4) is 0 Å². The molecule has 6 nitrogen and oxygen atoms in total. The average molecular weight is 368 g/mol. The smallest absolute Gasteiger partial charge is 0.268 e. The number of hydrogen-bond acceptors (Lipinski definition) is 4. The maximum absolute atomic E-state index is 12.6. The SMILES string of the molecule is COc1ccc2[nH]c(C(=O)NCCc3ccc(OC)c(OC)c3)c(C)c2c1. The van der Waals surface area contributed by atoms with E-state index in [2.05, 4.69) is 10.3 Å². The fraction of sp³-hybridized carbons (Fsp3) is 0.286. The van der Waals surface area contributed by atoms with Crippen molar-refractivity contribution >= 4 is 16.8 Å². The number of carbonyl (C=O) groups excluding carboxylic acids is 1. The van der Waals surface area contributed by atoms with Crippen LogP contribution in [-0.2, 0) is 6.42 Å². The monoisotopic (exact) mass is 368 g/mol. The molecule has 142 valence electrons. The van der Waals surface area contributed by atoms with Gasteiger partial charge in [0.05, 0.1) is 21.3 Å². The number of rotatable bonds is 7. The van der Waals surface area contributed by atoms with Crippen LogP contribution in [0.15, 0.2) is 36.4 Å². The average Bonchev–Trinajstić information content (AvgIpc) is 3.03. The second kappa shape index (κ2) is 8.03. The Morgan fingerprint density at radius 1 is 1.00 bits per heavy atom. The van der Waals surface area contributed by atoms with Crippen LogP contribution >= 0.6 is 0 Å². The van der Waals surface area contributed by atoms with E-state index in [1.54, 1.807) is 21.3 Å². The second-order valence-corrected chi connectivity index (χ2v) is 6.23. The van der Waals surface area contributed by atoms with Crippen LogP contribution in [0.1, 0.15) is 21.6 Å². The zero-order valence-electron chi connectivity index (χ0n) is 16.0. The fourth-order valence-corrected chi connectivity index (χ4v) is 3.10. The van der Waals surface area contributed by atoms with Crippen LogP contribution in [0.5, 0.6) is 17.2 Å². The Labute approximate surface area is 158 Å². The van der Waals surface area contributed by atoms with Gasteiger partial charge in [0.2, 0.25) is 0 Å². The van der Waals surface area contributed by atoms with Crippen molar-refractivity contribution in [1.29, 1.82) is 0 Å². The first-order valence-corrected chi connectivity index (χ1v) is 8.72. The van der Waals surface area contributed by atoms with Gasteiger partial charge < -0.3 is 24.5 Å². The van der Waals surface area contributed by atoms with Crippen LogP contribution in [0, 0.1) is 6.92 Å². The molecule has 0 unspecified atom stereocenters. The first kappa shape index (κ1) is 18.6. The zero-order chi connectivity index (χ0) is 19.4. The molecule has 3 rings (SSSR count). The topological polar surface area (TPSA) is 72.6 Å². The lowest BCUT2D eigenvalue weighted by atomic mass is 10.1. The van der Waals surface area contributed by atoms with E-state index in [4.69, 9.17) is 14.2 Å². The Kier molecular flexibility index (Phi) is 5.54. The van der Waals surface area contributed by atoms with Gasteiger partial charge in [-0.3, -0.25) is 4.79 Å². The predicted molar refractivity (Wildman–Crippen MR) is 105 cm³/mol. The number of methoxy groups -OCH3 is 3. The number of amides is 1. The van der Waals surface area contributed by atoms with Crippen LogP contribution in [0.4, 0.5) is 0 Å². The third-order valence-corrected chi connectivity index (χ3v) is 4.64. The van der Waals surface area contributed by atoms with Crippen molar-refractivity contribution in [3.05, 3.63) is 53.2 Å². The normalized spacial score (nSPS) is 10.7. The molecular formula is C21H24N2O4. The lowest BCUT2D eigenvalue weighted by Gasteiger charge is -2.10. The molecule has 2 aromatic carbocycles. The van der Waals surface area contributed by atoms with Gasteiger partial charge in [-0.2, -0.15) is 0 Å². The molecule has 0 bridgehead atoms. The number of ether oxygens (including phenoxy) is 3. The highest BCUT2D eigenvalue weighted by molar-refractivity contribution is 6.01. The van der Waals surface area contributed by atoms with E-state index < -0.39 is 0 Å². The highest BCUT2D eigenvalue weighted by atomic mass is 16.5. The molecule has 0 saturated heterocycles. The van der Waals surface area contributed by atoms with Gasteiger partial charge in [-0.15, -0.1) is 0 Å². The van der Waals surface area contributed by atoms with Crippen molar-refractivity contribution in [2.75, 3.05) is 27.9 Å². The van der Waals surface area contributed by atoms with Gasteiger partial charge >= 0.3 is 0 Å². The summed E-state index contributed by atoms with van der Waals surface area (Å²) in [6, 6.07) is 11.5. The molecule has 1 aromatic heterocycles. The summed E-state index contributed by atoms with van der Waals surface area (Å²) in [5.41, 5.74) is 3.46. The van der Waals surface area contributed by atoms with Crippen molar-refractivity contribution in [1.82, 2.24) is 10.3 Å². The third-order valence-electron chi connectivity index (χ3n) is 4.64. The molecule has 3 aromatic rings. The van der Waals surface area contributed by atoms with Crippen LogP contribution in [0.2, 0.25) is 0 Å². The number of aryl methyl sites for hydroxylation is 1. The maximum atomic E-state index is 12.6. The number of nitrogens with one attached hydrogen (secondary N) is 2. The first-order chi connectivity index (χ1) is 13.1. The Morgan fingerprint density at radius 3 is 2.48 bits per heavy atom. The lowest BCUT2D eigenvalue weighted by Crippen LogP contribution is -2.26. The molecule has 0 aliphatic heterocycles. The number of fused-ring (bicyclic) bond motifs is 1. The fourth-order valence-electron chi connectivity index (χ4n) is 3.10. The Bertz CT molecular complexity index is 962. The van der Waals surface area contributed by atoms with E-state index in [9.17, 15) is 4.79 Å². The van der Waals surface area contributed by atoms with Crippen LogP contribution < -0.4 is 19.5 Å². The molecule has 0 radical (unpaired) electrons. The minimum absolute atomic E-state index is 0.122. The van der Waals surface area contributed by atoms with Crippen molar-refractivity contribution < 1.29 is 19.0 Å². The summed E-state index contributed by atoms with van der Waals surface area (Å²) in [7, 11) is 4.85. The molecule has 0 fully saturated rings. The number of benzene rings is 2. The molecular weight excluding hydrogens is 344 g/mol. The molecule has 0 aliphatic carbocycles. The van der Waals surface area contributed by atoms with Crippen molar-refractivity contribution in [3.8, 4) is 17.2 Å². The van der Waals surface area contributed by atoms with Gasteiger partial charge in [0, 0.05) is 17.4 Å². The Morgan fingerprint density at radius 2 is 1.78 bits per heavy atom. The number of aromatic amines is 1. The summed E-state index contributed by atoms with van der Waals surface area (Å²) in [4.78, 5) is 15.8. The standard InChI is InChI=1S/C21H24N2O4/c1-13-16-12-15(25-2)6-7-17(16)23-20(13)21(24)22-10-9-14-5-8-18(26-3)19(11-14)27-4/h5-8,11-12,23H,9-10H2,1-4H3,(H,22,24). The molecule has 6 heteroatoms. The summed E-state index contributed by atoms with van der Waals surface area (Å²) < 4.78 is 15.8. The first-order valence-electron chi connectivity index (χ1n) is 8.72. The van der Waals surface area contributed by atoms with Crippen LogP contribution in [-0.4, -0.2) is 38.8 Å². The Balaban J connectivity index is 1.68. The zero-order valence-corrected chi connectivity index (χ0v) is 16.0. The van der Waals surface area contributed by atoms with Gasteiger partial charge in [0.25, 0.3) is 5.91 Å². The molecule has 0 aliphatic rings. The summed E-state index contributed by atoms with van der Waals surface area (Å²) in [5, 5.41) is 3.96. The van der Waals surface area contributed by atoms with Gasteiger partial charge in [-0.05, 0) is 54.8 Å². The van der Waals surface area contributed by atoms with E-state index in [0.29, 0.717) is 30.2 Å². The molecule has 0 saturated carbocycles. The number of carbonyl (C=O) groups is 1. The highest BCUT2D eigenvalue weighted by Gasteiger charge is 2.15. The summed E-state index contributed by atoms with van der Waals surface area (Å²) in [5.74, 6) is 2.02. The van der Waals surface area contributed by atoms with Gasteiger partial charge in [-0.1, -0.05) is 6.07 Å². The Hall–Kier alpha value is -3.15. The van der Waals surface area contributed by atoms with Crippen molar-refractivity contribution in [3.63, 3.8) is 0 Å².